The Labute approximate surface area is 193 Å². The van der Waals surface area contributed by atoms with E-state index in [1.54, 1.807) is 29.2 Å². The predicted octanol–water partition coefficient (Wildman–Crippen LogP) is 4.18. The Kier molecular flexibility index (Phi) is 5.30. The highest BCUT2D eigenvalue weighted by molar-refractivity contribution is 6.36. The number of phenolic OH excluding ortho intramolecular Hbond substituents is 1. The number of fused-ring (bicyclic) bond motifs is 2. The molecule has 0 atom stereocenters. The quantitative estimate of drug-likeness (QED) is 0.459. The zero-order chi connectivity index (χ0) is 23.1. The van der Waals surface area contributed by atoms with E-state index in [2.05, 4.69) is 21.5 Å². The number of nitrogens with zero attached hydrogens (tertiary/aromatic N) is 5. The van der Waals surface area contributed by atoms with Crippen LogP contribution in [0.2, 0.25) is 5.02 Å². The summed E-state index contributed by atoms with van der Waals surface area (Å²) in [5.74, 6) is -0.196. The van der Waals surface area contributed by atoms with Gasteiger partial charge in [-0.15, -0.1) is 0 Å². The van der Waals surface area contributed by atoms with Gasteiger partial charge in [0.15, 0.2) is 5.82 Å². The van der Waals surface area contributed by atoms with Gasteiger partial charge in [-0.3, -0.25) is 9.78 Å². The number of piperazine rings is 1. The first kappa shape index (κ1) is 21.1. The van der Waals surface area contributed by atoms with Gasteiger partial charge in [-0.1, -0.05) is 30.3 Å². The van der Waals surface area contributed by atoms with Crippen LogP contribution in [-0.4, -0.2) is 57.0 Å². The van der Waals surface area contributed by atoms with Crippen molar-refractivity contribution in [2.45, 2.75) is 0 Å². The number of aromatic hydroxyl groups is 1. The molecule has 5 rings (SSSR count). The lowest BCUT2D eigenvalue weighted by Gasteiger charge is -2.35. The van der Waals surface area contributed by atoms with Crippen molar-refractivity contribution in [1.29, 1.82) is 0 Å². The topological polar surface area (TPSA) is 82.5 Å². The van der Waals surface area contributed by atoms with Crippen LogP contribution < -0.4 is 4.90 Å². The summed E-state index contributed by atoms with van der Waals surface area (Å²) < 4.78 is 15.7. The van der Waals surface area contributed by atoms with Crippen molar-refractivity contribution >= 4 is 45.0 Å². The second-order valence-corrected chi connectivity index (χ2v) is 8.14. The van der Waals surface area contributed by atoms with E-state index in [0.717, 1.165) is 0 Å². The van der Waals surface area contributed by atoms with Gasteiger partial charge in [0.25, 0.3) is 0 Å². The van der Waals surface area contributed by atoms with Crippen molar-refractivity contribution in [2.75, 3.05) is 31.1 Å². The summed E-state index contributed by atoms with van der Waals surface area (Å²) in [6.07, 6.45) is 4.16. The number of pyridine rings is 1. The molecule has 3 heterocycles. The molecule has 0 aliphatic carbocycles. The molecule has 0 saturated carbocycles. The Morgan fingerprint density at radius 1 is 1.15 bits per heavy atom. The summed E-state index contributed by atoms with van der Waals surface area (Å²) in [4.78, 5) is 28.5. The fourth-order valence-corrected chi connectivity index (χ4v) is 4.52. The summed E-state index contributed by atoms with van der Waals surface area (Å²) in [6, 6.07) is 8.28. The van der Waals surface area contributed by atoms with Crippen LogP contribution in [0.3, 0.4) is 0 Å². The van der Waals surface area contributed by atoms with Crippen molar-refractivity contribution in [2.24, 2.45) is 0 Å². The standard InChI is InChI=1S/C24H19ClFN5O2/c1-2-19(33)30-6-8-31(9-7-30)24-17-12-27-22(21(26)23(17)28-13-29-24)16-11-15(32)10-14-4-3-5-18(25)20(14)16/h2-5,10-13,32H,1,6-9H2. The molecule has 1 N–H and O–H groups in total. The van der Waals surface area contributed by atoms with Crippen LogP contribution in [0.25, 0.3) is 32.9 Å². The molecule has 7 nitrogen and oxygen atoms in total. The number of amides is 1. The van der Waals surface area contributed by atoms with Crippen LogP contribution in [0.15, 0.2) is 55.5 Å². The zero-order valence-electron chi connectivity index (χ0n) is 17.5. The summed E-state index contributed by atoms with van der Waals surface area (Å²) >= 11 is 6.41. The van der Waals surface area contributed by atoms with Crippen LogP contribution in [-0.2, 0) is 4.79 Å². The smallest absolute Gasteiger partial charge is 0.246 e. The summed E-state index contributed by atoms with van der Waals surface area (Å²) in [7, 11) is 0. The van der Waals surface area contributed by atoms with E-state index in [0.29, 0.717) is 58.7 Å². The van der Waals surface area contributed by atoms with E-state index in [1.165, 1.54) is 24.7 Å². The second-order valence-electron chi connectivity index (χ2n) is 7.73. The maximum Gasteiger partial charge on any atom is 0.246 e. The average Bonchev–Trinajstić information content (AvgIpc) is 2.83. The molecule has 0 unspecified atom stereocenters. The Hall–Kier alpha value is -3.78. The fourth-order valence-electron chi connectivity index (χ4n) is 4.24. The molecule has 2 aromatic heterocycles. The number of carbonyl (C=O) groups excluding carboxylic acids is 1. The summed E-state index contributed by atoms with van der Waals surface area (Å²) in [5, 5.41) is 12.4. The average molecular weight is 464 g/mol. The van der Waals surface area contributed by atoms with Gasteiger partial charge in [0, 0.05) is 48.3 Å². The number of phenols is 1. The molecule has 1 aliphatic heterocycles. The number of hydrogen-bond acceptors (Lipinski definition) is 6. The second kappa shape index (κ2) is 8.29. The molecule has 1 amide bonds. The summed E-state index contributed by atoms with van der Waals surface area (Å²) in [6.45, 7) is 5.64. The van der Waals surface area contributed by atoms with Crippen LogP contribution in [0.4, 0.5) is 10.2 Å². The molecule has 1 saturated heterocycles. The van der Waals surface area contributed by atoms with Gasteiger partial charge in [0.05, 0.1) is 5.39 Å². The molecule has 166 valence electrons. The van der Waals surface area contributed by atoms with Crippen molar-refractivity contribution < 1.29 is 14.3 Å². The third kappa shape index (κ3) is 3.62. The van der Waals surface area contributed by atoms with Gasteiger partial charge in [-0.05, 0) is 29.7 Å². The molecule has 33 heavy (non-hydrogen) atoms. The maximum absolute atomic E-state index is 15.7. The minimum Gasteiger partial charge on any atom is -0.508 e. The number of hydrogen-bond donors (Lipinski definition) is 1. The minimum absolute atomic E-state index is 0.0172. The lowest BCUT2D eigenvalue weighted by molar-refractivity contribution is -0.126. The fraction of sp³-hybridized carbons (Fsp3) is 0.167. The first-order valence-corrected chi connectivity index (χ1v) is 10.7. The molecule has 2 aromatic carbocycles. The van der Waals surface area contributed by atoms with E-state index in [1.807, 2.05) is 4.90 Å². The molecule has 9 heteroatoms. The largest absolute Gasteiger partial charge is 0.508 e. The van der Waals surface area contributed by atoms with Gasteiger partial charge in [0.1, 0.15) is 29.1 Å². The highest BCUT2D eigenvalue weighted by atomic mass is 35.5. The highest BCUT2D eigenvalue weighted by Gasteiger charge is 2.24. The van der Waals surface area contributed by atoms with Crippen molar-refractivity contribution in [3.8, 4) is 17.0 Å². The van der Waals surface area contributed by atoms with Gasteiger partial charge in [0.2, 0.25) is 5.91 Å². The molecule has 0 bridgehead atoms. The molecular formula is C24H19ClFN5O2. The van der Waals surface area contributed by atoms with Gasteiger partial charge < -0.3 is 14.9 Å². The highest BCUT2D eigenvalue weighted by Crippen LogP contribution is 2.38. The number of rotatable bonds is 3. The van der Waals surface area contributed by atoms with Crippen molar-refractivity contribution in [3.63, 3.8) is 0 Å². The number of benzene rings is 2. The van der Waals surface area contributed by atoms with E-state index in [4.69, 9.17) is 11.6 Å². The zero-order valence-corrected chi connectivity index (χ0v) is 18.3. The number of aromatic nitrogens is 3. The van der Waals surface area contributed by atoms with Gasteiger partial charge >= 0.3 is 0 Å². The van der Waals surface area contributed by atoms with Gasteiger partial charge in [-0.25, -0.2) is 14.4 Å². The molecule has 4 aromatic rings. The van der Waals surface area contributed by atoms with Crippen LogP contribution in [0.1, 0.15) is 0 Å². The minimum atomic E-state index is -0.622. The van der Waals surface area contributed by atoms with E-state index in [-0.39, 0.29) is 22.9 Å². The van der Waals surface area contributed by atoms with Crippen molar-refractivity contribution in [1.82, 2.24) is 19.9 Å². The molecule has 1 fully saturated rings. The number of carbonyl (C=O) groups is 1. The summed E-state index contributed by atoms with van der Waals surface area (Å²) in [5.41, 5.74) is 0.549. The lowest BCUT2D eigenvalue weighted by atomic mass is 10.00. The Morgan fingerprint density at radius 2 is 1.94 bits per heavy atom. The normalized spacial score (nSPS) is 14.1. The van der Waals surface area contributed by atoms with Crippen LogP contribution in [0.5, 0.6) is 5.75 Å². The van der Waals surface area contributed by atoms with Gasteiger partial charge in [-0.2, -0.15) is 0 Å². The maximum atomic E-state index is 15.7. The third-order valence-electron chi connectivity index (χ3n) is 5.83. The van der Waals surface area contributed by atoms with Crippen LogP contribution >= 0.6 is 11.6 Å². The molecular weight excluding hydrogens is 445 g/mol. The predicted molar refractivity (Wildman–Crippen MR) is 126 cm³/mol. The van der Waals surface area contributed by atoms with Crippen molar-refractivity contribution in [3.05, 3.63) is 66.4 Å². The molecule has 1 aliphatic rings. The SMILES string of the molecule is C=CC(=O)N1CCN(c2ncnc3c(F)c(-c4cc(O)cc5cccc(Cl)c45)ncc23)CC1. The van der Waals surface area contributed by atoms with E-state index >= 15 is 4.39 Å². The number of anilines is 1. The Morgan fingerprint density at radius 3 is 2.70 bits per heavy atom. The molecule has 0 radical (unpaired) electrons. The first-order valence-electron chi connectivity index (χ1n) is 10.3. The molecule has 0 spiro atoms. The van der Waals surface area contributed by atoms with Crippen LogP contribution in [0, 0.1) is 5.82 Å². The Bertz CT molecular complexity index is 1420. The van der Waals surface area contributed by atoms with E-state index in [9.17, 15) is 9.90 Å². The Balaban J connectivity index is 1.60. The van der Waals surface area contributed by atoms with E-state index < -0.39 is 5.82 Å². The first-order chi connectivity index (χ1) is 16.0. The number of halogens is 2. The lowest BCUT2D eigenvalue weighted by Crippen LogP contribution is -2.48. The monoisotopic (exact) mass is 463 g/mol. The third-order valence-corrected chi connectivity index (χ3v) is 6.15.